The van der Waals surface area contributed by atoms with E-state index >= 15 is 0 Å². The smallest absolute Gasteiger partial charge is 0.0227 e. The van der Waals surface area contributed by atoms with Crippen LogP contribution < -0.4 is 11.1 Å². The summed E-state index contributed by atoms with van der Waals surface area (Å²) in [5.41, 5.74) is 8.23. The van der Waals surface area contributed by atoms with Crippen LogP contribution in [0.3, 0.4) is 0 Å². The molecule has 1 aliphatic carbocycles. The number of nitrogens with two attached hydrogens (primary N) is 1. The summed E-state index contributed by atoms with van der Waals surface area (Å²) in [6.07, 6.45) is 8.13. The Morgan fingerprint density at radius 3 is 3.00 bits per heavy atom. The Balaban J connectivity index is 2.39. The van der Waals surface area contributed by atoms with E-state index in [1.54, 1.807) is 0 Å². The van der Waals surface area contributed by atoms with Gasteiger partial charge in [0.1, 0.15) is 0 Å². The van der Waals surface area contributed by atoms with E-state index in [0.29, 0.717) is 0 Å². The second kappa shape index (κ2) is 6.62. The van der Waals surface area contributed by atoms with E-state index in [-0.39, 0.29) is 6.04 Å². The third kappa shape index (κ3) is 4.04. The minimum atomic E-state index is 0.253. The van der Waals surface area contributed by atoms with Gasteiger partial charge in [-0.05, 0) is 31.3 Å². The highest BCUT2D eigenvalue weighted by Crippen LogP contribution is 2.20. The lowest BCUT2D eigenvalue weighted by molar-refractivity contribution is 0.545. The first-order valence-electron chi connectivity index (χ1n) is 5.99. The molecule has 3 nitrogen and oxygen atoms in total. The fraction of sp³-hybridized carbons (Fsp3) is 0.750. The molecule has 1 unspecified atom stereocenters. The fourth-order valence-corrected chi connectivity index (χ4v) is 1.96. The molecule has 1 atom stereocenters. The van der Waals surface area contributed by atoms with E-state index in [1.807, 2.05) is 0 Å². The molecule has 0 amide bonds. The number of hydrogen-bond acceptors (Lipinski definition) is 3. The lowest BCUT2D eigenvalue weighted by Crippen LogP contribution is -2.29. The van der Waals surface area contributed by atoms with Gasteiger partial charge in [0, 0.05) is 24.5 Å². The average Bonchev–Trinajstić information content (AvgIpc) is 2.26. The molecule has 15 heavy (non-hydrogen) atoms. The third-order valence-electron chi connectivity index (χ3n) is 2.93. The Morgan fingerprint density at radius 2 is 2.33 bits per heavy atom. The summed E-state index contributed by atoms with van der Waals surface area (Å²) in [6.45, 7) is 3.25. The second-order valence-electron chi connectivity index (χ2n) is 4.28. The van der Waals surface area contributed by atoms with Gasteiger partial charge >= 0.3 is 0 Å². The van der Waals surface area contributed by atoms with Crippen molar-refractivity contribution >= 4 is 6.21 Å². The second-order valence-corrected chi connectivity index (χ2v) is 4.28. The topological polar surface area (TPSA) is 61.9 Å². The van der Waals surface area contributed by atoms with Crippen molar-refractivity contribution in [3.8, 4) is 0 Å². The van der Waals surface area contributed by atoms with Crippen LogP contribution in [0.5, 0.6) is 0 Å². The lowest BCUT2D eigenvalue weighted by atomic mass is 9.93. The van der Waals surface area contributed by atoms with Gasteiger partial charge in [-0.3, -0.25) is 0 Å². The molecule has 0 aromatic carbocycles. The minimum Gasteiger partial charge on any atom is -0.388 e. The molecule has 0 aromatic rings. The fourth-order valence-electron chi connectivity index (χ4n) is 1.96. The summed E-state index contributed by atoms with van der Waals surface area (Å²) >= 11 is 0. The van der Waals surface area contributed by atoms with Crippen LogP contribution in [0.15, 0.2) is 11.3 Å². The number of nitrogens with one attached hydrogen (secondary N) is 2. The zero-order chi connectivity index (χ0) is 11.1. The predicted molar refractivity (Wildman–Crippen MR) is 65.2 cm³/mol. The zero-order valence-corrected chi connectivity index (χ0v) is 9.68. The van der Waals surface area contributed by atoms with Crippen molar-refractivity contribution < 1.29 is 0 Å². The largest absolute Gasteiger partial charge is 0.388 e. The molecule has 1 aliphatic rings. The summed E-state index contributed by atoms with van der Waals surface area (Å²) in [5.74, 6) is 0. The van der Waals surface area contributed by atoms with Crippen molar-refractivity contribution in [2.24, 2.45) is 5.73 Å². The monoisotopic (exact) mass is 209 g/mol. The Hall–Kier alpha value is -0.830. The van der Waals surface area contributed by atoms with Gasteiger partial charge in [0.15, 0.2) is 0 Å². The van der Waals surface area contributed by atoms with Gasteiger partial charge in [0.25, 0.3) is 0 Å². The zero-order valence-electron chi connectivity index (χ0n) is 9.68. The Kier molecular flexibility index (Phi) is 5.40. The van der Waals surface area contributed by atoms with Gasteiger partial charge < -0.3 is 16.5 Å². The van der Waals surface area contributed by atoms with Crippen LogP contribution >= 0.6 is 0 Å². The van der Waals surface area contributed by atoms with Crippen LogP contribution in [0.2, 0.25) is 0 Å². The minimum absolute atomic E-state index is 0.253. The first kappa shape index (κ1) is 12.2. The first-order chi connectivity index (χ1) is 7.27. The maximum Gasteiger partial charge on any atom is 0.0227 e. The van der Waals surface area contributed by atoms with Gasteiger partial charge in [-0.15, -0.1) is 0 Å². The van der Waals surface area contributed by atoms with E-state index in [2.05, 4.69) is 12.2 Å². The maximum absolute atomic E-state index is 7.36. The first-order valence-corrected chi connectivity index (χ1v) is 5.99. The lowest BCUT2D eigenvalue weighted by Gasteiger charge is -2.23. The van der Waals surface area contributed by atoms with Gasteiger partial charge in [-0.1, -0.05) is 19.8 Å². The number of rotatable bonds is 6. The standard InChI is InChI=1S/C12H23N3/c1-2-3-4-7-15-12-6-5-11(14)8-10(12)9-13/h9,11,13,15H,2-8,14H2,1H3. The van der Waals surface area contributed by atoms with Crippen LogP contribution in [-0.4, -0.2) is 18.8 Å². The molecule has 0 heterocycles. The van der Waals surface area contributed by atoms with Crippen molar-refractivity contribution in [3.05, 3.63) is 11.3 Å². The molecule has 0 fully saturated rings. The molecule has 0 bridgehead atoms. The Morgan fingerprint density at radius 1 is 1.53 bits per heavy atom. The van der Waals surface area contributed by atoms with Crippen molar-refractivity contribution in [2.75, 3.05) is 6.54 Å². The molecule has 0 spiro atoms. The average molecular weight is 209 g/mol. The van der Waals surface area contributed by atoms with E-state index in [9.17, 15) is 0 Å². The molecule has 1 rings (SSSR count). The molecule has 0 saturated carbocycles. The van der Waals surface area contributed by atoms with E-state index in [0.717, 1.165) is 31.4 Å². The summed E-state index contributed by atoms with van der Waals surface area (Å²) in [6, 6.07) is 0.253. The van der Waals surface area contributed by atoms with Crippen LogP contribution in [0.25, 0.3) is 0 Å². The molecule has 0 saturated heterocycles. The van der Waals surface area contributed by atoms with Crippen LogP contribution in [0.1, 0.15) is 45.4 Å². The number of allylic oxidation sites excluding steroid dienone is 1. The SMILES string of the molecule is CCCCCNC1=C(C=N)CC(N)CC1. The highest BCUT2D eigenvalue weighted by Gasteiger charge is 2.16. The Labute approximate surface area is 92.6 Å². The third-order valence-corrected chi connectivity index (χ3v) is 2.93. The number of hydrogen-bond donors (Lipinski definition) is 3. The van der Waals surface area contributed by atoms with Crippen LogP contribution in [0, 0.1) is 5.41 Å². The summed E-state index contributed by atoms with van der Waals surface area (Å²) in [7, 11) is 0. The Bertz CT molecular complexity index is 233. The summed E-state index contributed by atoms with van der Waals surface area (Å²) in [5, 5.41) is 10.8. The van der Waals surface area contributed by atoms with Crippen molar-refractivity contribution in [1.82, 2.24) is 5.32 Å². The summed E-state index contributed by atoms with van der Waals surface area (Å²) < 4.78 is 0. The van der Waals surface area contributed by atoms with E-state index in [1.165, 1.54) is 31.2 Å². The molecule has 4 N–H and O–H groups in total. The van der Waals surface area contributed by atoms with Gasteiger partial charge in [0.2, 0.25) is 0 Å². The summed E-state index contributed by atoms with van der Waals surface area (Å²) in [4.78, 5) is 0. The molecule has 86 valence electrons. The van der Waals surface area contributed by atoms with Gasteiger partial charge in [0.05, 0.1) is 0 Å². The highest BCUT2D eigenvalue weighted by molar-refractivity contribution is 5.77. The normalized spacial score (nSPS) is 21.6. The molecular formula is C12H23N3. The number of unbranched alkanes of at least 4 members (excludes halogenated alkanes) is 2. The quantitative estimate of drug-likeness (QED) is 0.464. The molecule has 3 heteroatoms. The molecule has 0 aliphatic heterocycles. The molecular weight excluding hydrogens is 186 g/mol. The molecule has 0 aromatic heterocycles. The van der Waals surface area contributed by atoms with E-state index in [4.69, 9.17) is 11.1 Å². The predicted octanol–water partition coefficient (Wildman–Crippen LogP) is 2.18. The highest BCUT2D eigenvalue weighted by atomic mass is 14.9. The molecule has 0 radical (unpaired) electrons. The van der Waals surface area contributed by atoms with Crippen LogP contribution in [-0.2, 0) is 0 Å². The van der Waals surface area contributed by atoms with Crippen LogP contribution in [0.4, 0.5) is 0 Å². The van der Waals surface area contributed by atoms with Gasteiger partial charge in [-0.2, -0.15) is 0 Å². The van der Waals surface area contributed by atoms with Gasteiger partial charge in [-0.25, -0.2) is 0 Å². The van der Waals surface area contributed by atoms with E-state index < -0.39 is 0 Å². The van der Waals surface area contributed by atoms with Crippen molar-refractivity contribution in [2.45, 2.75) is 51.5 Å². The van der Waals surface area contributed by atoms with Crippen molar-refractivity contribution in [1.29, 1.82) is 5.41 Å². The maximum atomic E-state index is 7.36. The van der Waals surface area contributed by atoms with Crippen molar-refractivity contribution in [3.63, 3.8) is 0 Å².